The molecule has 2 heterocycles. The van der Waals surface area contributed by atoms with Gasteiger partial charge in [-0.2, -0.15) is 0 Å². The van der Waals surface area contributed by atoms with Crippen LogP contribution in [0.2, 0.25) is 0 Å². The van der Waals surface area contributed by atoms with E-state index < -0.39 is 0 Å². The second-order valence-electron chi connectivity index (χ2n) is 6.05. The molecule has 104 valence electrons. The second-order valence-corrected chi connectivity index (χ2v) is 6.05. The monoisotopic (exact) mass is 262 g/mol. The van der Waals surface area contributed by atoms with Gasteiger partial charge in [-0.3, -0.25) is 0 Å². The SMILES string of the molecule is CC1(C)CNCC(COc2ccc3c(n2)CCC3)O1. The quantitative estimate of drug-likeness (QED) is 0.900. The largest absolute Gasteiger partial charge is 0.475 e. The highest BCUT2D eigenvalue weighted by atomic mass is 16.6. The number of aromatic nitrogens is 1. The molecule has 3 rings (SSSR count). The fourth-order valence-electron chi connectivity index (χ4n) is 2.82. The van der Waals surface area contributed by atoms with Crippen LogP contribution in [-0.4, -0.2) is 36.4 Å². The maximum Gasteiger partial charge on any atom is 0.213 e. The Morgan fingerprint density at radius 3 is 3.16 bits per heavy atom. The summed E-state index contributed by atoms with van der Waals surface area (Å²) in [6.45, 7) is 6.48. The van der Waals surface area contributed by atoms with Crippen molar-refractivity contribution in [1.29, 1.82) is 0 Å². The van der Waals surface area contributed by atoms with Gasteiger partial charge >= 0.3 is 0 Å². The van der Waals surface area contributed by atoms with Crippen LogP contribution in [0.4, 0.5) is 0 Å². The van der Waals surface area contributed by atoms with Gasteiger partial charge in [-0.25, -0.2) is 4.98 Å². The zero-order chi connectivity index (χ0) is 13.3. The van der Waals surface area contributed by atoms with E-state index in [1.54, 1.807) is 0 Å². The van der Waals surface area contributed by atoms with E-state index >= 15 is 0 Å². The molecule has 0 aromatic carbocycles. The van der Waals surface area contributed by atoms with Crippen LogP contribution in [-0.2, 0) is 17.6 Å². The molecule has 1 aromatic rings. The minimum absolute atomic E-state index is 0.0961. The molecule has 1 fully saturated rings. The van der Waals surface area contributed by atoms with Gasteiger partial charge in [0.2, 0.25) is 5.88 Å². The third-order valence-corrected chi connectivity index (χ3v) is 3.73. The topological polar surface area (TPSA) is 43.4 Å². The molecule has 0 amide bonds. The maximum absolute atomic E-state index is 5.97. The number of morpholine rings is 1. The van der Waals surface area contributed by atoms with E-state index in [-0.39, 0.29) is 11.7 Å². The van der Waals surface area contributed by atoms with Crippen LogP contribution in [0.25, 0.3) is 0 Å². The van der Waals surface area contributed by atoms with E-state index in [9.17, 15) is 0 Å². The standard InChI is InChI=1S/C15H22N2O2/c1-15(2)10-16-8-12(19-15)9-18-14-7-6-11-4-3-5-13(11)17-14/h6-7,12,16H,3-5,8-10H2,1-2H3. The summed E-state index contributed by atoms with van der Waals surface area (Å²) in [6.07, 6.45) is 3.56. The number of fused-ring (bicyclic) bond motifs is 1. The molecule has 4 nitrogen and oxygen atoms in total. The molecule has 1 aliphatic carbocycles. The van der Waals surface area contributed by atoms with Crippen molar-refractivity contribution in [3.63, 3.8) is 0 Å². The fraction of sp³-hybridized carbons (Fsp3) is 0.667. The van der Waals surface area contributed by atoms with Gasteiger partial charge in [0, 0.05) is 24.8 Å². The van der Waals surface area contributed by atoms with E-state index in [2.05, 4.69) is 30.2 Å². The van der Waals surface area contributed by atoms with Crippen LogP contribution in [0, 0.1) is 0 Å². The molecule has 0 saturated carbocycles. The third-order valence-electron chi connectivity index (χ3n) is 3.73. The molecule has 1 N–H and O–H groups in total. The van der Waals surface area contributed by atoms with Gasteiger partial charge in [-0.05, 0) is 38.7 Å². The summed E-state index contributed by atoms with van der Waals surface area (Å²) in [5.41, 5.74) is 2.47. The smallest absolute Gasteiger partial charge is 0.213 e. The molecule has 19 heavy (non-hydrogen) atoms. The predicted octanol–water partition coefficient (Wildman–Crippen LogP) is 1.72. The Kier molecular flexibility index (Phi) is 3.46. The summed E-state index contributed by atoms with van der Waals surface area (Å²) < 4.78 is 11.8. The Labute approximate surface area is 114 Å². The highest BCUT2D eigenvalue weighted by molar-refractivity contribution is 5.29. The third kappa shape index (κ3) is 3.07. The van der Waals surface area contributed by atoms with Gasteiger partial charge in [0.25, 0.3) is 0 Å². The Balaban J connectivity index is 1.57. The predicted molar refractivity (Wildman–Crippen MR) is 73.6 cm³/mol. The van der Waals surface area contributed by atoms with Crippen LogP contribution in [0.1, 0.15) is 31.5 Å². The van der Waals surface area contributed by atoms with E-state index in [0.717, 1.165) is 31.8 Å². The van der Waals surface area contributed by atoms with Crippen LogP contribution in [0.5, 0.6) is 5.88 Å². The van der Waals surface area contributed by atoms with Gasteiger partial charge in [-0.1, -0.05) is 6.07 Å². The van der Waals surface area contributed by atoms with Crippen LogP contribution in [0.3, 0.4) is 0 Å². The molecule has 1 aromatic heterocycles. The van der Waals surface area contributed by atoms with E-state index in [1.165, 1.54) is 17.7 Å². The minimum atomic E-state index is -0.113. The van der Waals surface area contributed by atoms with Crippen molar-refractivity contribution in [3.05, 3.63) is 23.4 Å². The van der Waals surface area contributed by atoms with Gasteiger partial charge < -0.3 is 14.8 Å². The summed E-state index contributed by atoms with van der Waals surface area (Å²) >= 11 is 0. The molecule has 1 atom stereocenters. The second kappa shape index (κ2) is 5.10. The number of rotatable bonds is 3. The zero-order valence-corrected chi connectivity index (χ0v) is 11.7. The van der Waals surface area contributed by atoms with Crippen molar-refractivity contribution in [3.8, 4) is 5.88 Å². The maximum atomic E-state index is 5.97. The molecule has 0 bridgehead atoms. The number of aryl methyl sites for hydroxylation is 2. The molecule has 1 saturated heterocycles. The first-order valence-electron chi connectivity index (χ1n) is 7.12. The number of ether oxygens (including phenoxy) is 2. The fourth-order valence-corrected chi connectivity index (χ4v) is 2.82. The molecular weight excluding hydrogens is 240 g/mol. The first-order chi connectivity index (χ1) is 9.12. The first kappa shape index (κ1) is 12.9. The minimum Gasteiger partial charge on any atom is -0.475 e. The highest BCUT2D eigenvalue weighted by Crippen LogP contribution is 2.23. The number of nitrogens with one attached hydrogen (secondary N) is 1. The van der Waals surface area contributed by atoms with Crippen LogP contribution < -0.4 is 10.1 Å². The normalized spacial score (nSPS) is 25.1. The summed E-state index contributed by atoms with van der Waals surface area (Å²) in [7, 11) is 0. The summed E-state index contributed by atoms with van der Waals surface area (Å²) in [5.74, 6) is 0.729. The molecule has 1 unspecified atom stereocenters. The van der Waals surface area contributed by atoms with Gasteiger partial charge in [-0.15, -0.1) is 0 Å². The Hall–Kier alpha value is -1.13. The van der Waals surface area contributed by atoms with Gasteiger partial charge in [0.05, 0.1) is 5.60 Å². The number of nitrogens with zero attached hydrogens (tertiary/aromatic N) is 1. The van der Waals surface area contributed by atoms with Crippen molar-refractivity contribution in [1.82, 2.24) is 10.3 Å². The number of hydrogen-bond acceptors (Lipinski definition) is 4. The molecule has 2 aliphatic rings. The Bertz CT molecular complexity index is 459. The van der Waals surface area contributed by atoms with Gasteiger partial charge in [0.1, 0.15) is 12.7 Å². The van der Waals surface area contributed by atoms with Gasteiger partial charge in [0.15, 0.2) is 0 Å². The lowest BCUT2D eigenvalue weighted by atomic mass is 10.1. The van der Waals surface area contributed by atoms with Crippen molar-refractivity contribution < 1.29 is 9.47 Å². The molecular formula is C15H22N2O2. The van der Waals surface area contributed by atoms with Crippen LogP contribution in [0.15, 0.2) is 12.1 Å². The average molecular weight is 262 g/mol. The van der Waals surface area contributed by atoms with Crippen molar-refractivity contribution in [2.45, 2.75) is 44.8 Å². The van der Waals surface area contributed by atoms with Crippen molar-refractivity contribution >= 4 is 0 Å². The van der Waals surface area contributed by atoms with E-state index in [1.807, 2.05) is 6.07 Å². The Morgan fingerprint density at radius 2 is 2.32 bits per heavy atom. The summed E-state index contributed by atoms with van der Waals surface area (Å²) in [4.78, 5) is 4.58. The number of hydrogen-bond donors (Lipinski definition) is 1. The van der Waals surface area contributed by atoms with E-state index in [4.69, 9.17) is 9.47 Å². The summed E-state index contributed by atoms with van der Waals surface area (Å²) in [6, 6.07) is 4.13. The van der Waals surface area contributed by atoms with E-state index in [0.29, 0.717) is 6.61 Å². The molecule has 1 aliphatic heterocycles. The zero-order valence-electron chi connectivity index (χ0n) is 11.7. The first-order valence-corrected chi connectivity index (χ1v) is 7.12. The lowest BCUT2D eigenvalue weighted by Gasteiger charge is -2.36. The summed E-state index contributed by atoms with van der Waals surface area (Å²) in [5, 5.41) is 3.38. The molecule has 0 radical (unpaired) electrons. The molecule has 0 spiro atoms. The van der Waals surface area contributed by atoms with Crippen LogP contribution >= 0.6 is 0 Å². The Morgan fingerprint density at radius 1 is 1.42 bits per heavy atom. The van der Waals surface area contributed by atoms with Crippen molar-refractivity contribution in [2.75, 3.05) is 19.7 Å². The number of pyridine rings is 1. The highest BCUT2D eigenvalue weighted by Gasteiger charge is 2.28. The lowest BCUT2D eigenvalue weighted by Crippen LogP contribution is -2.52. The average Bonchev–Trinajstić information content (AvgIpc) is 2.82. The molecule has 4 heteroatoms. The lowest BCUT2D eigenvalue weighted by molar-refractivity contribution is -0.107. The van der Waals surface area contributed by atoms with Crippen molar-refractivity contribution in [2.24, 2.45) is 0 Å².